The van der Waals surface area contributed by atoms with E-state index in [-0.39, 0.29) is 5.56 Å². The van der Waals surface area contributed by atoms with Gasteiger partial charge in [0, 0.05) is 12.5 Å². The number of hydrogen-bond donors (Lipinski definition) is 0. The van der Waals surface area contributed by atoms with Crippen LogP contribution in [0.4, 0.5) is 0 Å². The number of fused-ring (bicyclic) bond motifs is 2. The van der Waals surface area contributed by atoms with E-state index in [2.05, 4.69) is 6.07 Å². The van der Waals surface area contributed by atoms with Crippen molar-refractivity contribution < 1.29 is 0 Å². The van der Waals surface area contributed by atoms with E-state index in [4.69, 9.17) is 4.98 Å². The lowest BCUT2D eigenvalue weighted by molar-refractivity contribution is 0.288. The van der Waals surface area contributed by atoms with Crippen LogP contribution >= 0.6 is 0 Å². The van der Waals surface area contributed by atoms with Gasteiger partial charge in [-0.3, -0.25) is 9.36 Å². The number of aryl methyl sites for hydroxylation is 1. The molecule has 2 heterocycles. The molecule has 1 aliphatic carbocycles. The Kier molecular flexibility index (Phi) is 3.96. The van der Waals surface area contributed by atoms with Crippen molar-refractivity contribution in [2.24, 2.45) is 5.92 Å². The summed E-state index contributed by atoms with van der Waals surface area (Å²) in [5.74, 6) is 2.37. The summed E-state index contributed by atoms with van der Waals surface area (Å²) < 4.78 is 1.97. The molecule has 122 valence electrons. The SMILES string of the molecule is Cc1ccc2nc3n(c(=O)c2c1)CCCC3CC1CCCCC1. The van der Waals surface area contributed by atoms with Crippen LogP contribution in [0.2, 0.25) is 0 Å². The molecule has 2 aromatic rings. The molecule has 1 aromatic heterocycles. The predicted molar refractivity (Wildman–Crippen MR) is 93.9 cm³/mol. The maximum atomic E-state index is 12.9. The fourth-order valence-corrected chi connectivity index (χ4v) is 4.55. The van der Waals surface area contributed by atoms with Gasteiger partial charge in [-0.2, -0.15) is 0 Å². The second-order valence-corrected chi connectivity index (χ2v) is 7.53. The van der Waals surface area contributed by atoms with Gasteiger partial charge in [-0.1, -0.05) is 43.7 Å². The first kappa shape index (κ1) is 14.9. The summed E-state index contributed by atoms with van der Waals surface area (Å²) >= 11 is 0. The number of hydrogen-bond acceptors (Lipinski definition) is 2. The molecule has 0 saturated heterocycles. The zero-order valence-electron chi connectivity index (χ0n) is 14.1. The van der Waals surface area contributed by atoms with E-state index in [0.717, 1.165) is 41.2 Å². The maximum Gasteiger partial charge on any atom is 0.261 e. The molecule has 3 nitrogen and oxygen atoms in total. The molecule has 1 aromatic carbocycles. The molecule has 0 radical (unpaired) electrons. The Hall–Kier alpha value is -1.64. The lowest BCUT2D eigenvalue weighted by Crippen LogP contribution is -2.31. The normalized spacial score (nSPS) is 22.2. The van der Waals surface area contributed by atoms with Crippen LogP contribution in [0.1, 0.15) is 68.7 Å². The molecule has 0 amide bonds. The third kappa shape index (κ3) is 2.82. The first-order valence-electron chi connectivity index (χ1n) is 9.23. The van der Waals surface area contributed by atoms with Gasteiger partial charge in [0.05, 0.1) is 10.9 Å². The molecule has 4 rings (SSSR count). The minimum absolute atomic E-state index is 0.169. The fraction of sp³-hybridized carbons (Fsp3) is 0.600. The highest BCUT2D eigenvalue weighted by atomic mass is 16.1. The van der Waals surface area contributed by atoms with Gasteiger partial charge in [0.25, 0.3) is 5.56 Å². The van der Waals surface area contributed by atoms with E-state index in [0.29, 0.717) is 5.92 Å². The van der Waals surface area contributed by atoms with Crippen LogP contribution in [-0.2, 0) is 6.54 Å². The van der Waals surface area contributed by atoms with Crippen molar-refractivity contribution in [2.45, 2.75) is 70.8 Å². The van der Waals surface area contributed by atoms with Gasteiger partial charge in [0.15, 0.2) is 0 Å². The van der Waals surface area contributed by atoms with Crippen molar-refractivity contribution in [3.63, 3.8) is 0 Å². The van der Waals surface area contributed by atoms with E-state index in [9.17, 15) is 4.79 Å². The van der Waals surface area contributed by atoms with E-state index in [1.807, 2.05) is 23.6 Å². The van der Waals surface area contributed by atoms with Crippen molar-refractivity contribution in [3.8, 4) is 0 Å². The Bertz CT molecular complexity index is 771. The zero-order valence-corrected chi connectivity index (χ0v) is 14.1. The van der Waals surface area contributed by atoms with Crippen LogP contribution in [0.5, 0.6) is 0 Å². The molecule has 1 fully saturated rings. The largest absolute Gasteiger partial charge is 0.296 e. The molecule has 0 N–H and O–H groups in total. The molecule has 1 saturated carbocycles. The van der Waals surface area contributed by atoms with Crippen LogP contribution in [0.3, 0.4) is 0 Å². The smallest absolute Gasteiger partial charge is 0.261 e. The van der Waals surface area contributed by atoms with E-state index < -0.39 is 0 Å². The molecule has 1 unspecified atom stereocenters. The van der Waals surface area contributed by atoms with E-state index in [1.54, 1.807) is 0 Å². The Balaban J connectivity index is 1.73. The third-order valence-corrected chi connectivity index (χ3v) is 5.78. The highest BCUT2D eigenvalue weighted by Crippen LogP contribution is 2.36. The Morgan fingerprint density at radius 2 is 1.96 bits per heavy atom. The highest BCUT2D eigenvalue weighted by molar-refractivity contribution is 5.78. The second kappa shape index (κ2) is 6.10. The third-order valence-electron chi connectivity index (χ3n) is 5.78. The summed E-state index contributed by atoms with van der Waals surface area (Å²) in [6.45, 7) is 2.88. The lowest BCUT2D eigenvalue weighted by Gasteiger charge is -2.30. The van der Waals surface area contributed by atoms with Crippen LogP contribution in [0.15, 0.2) is 23.0 Å². The average molecular weight is 310 g/mol. The summed E-state index contributed by atoms with van der Waals surface area (Å²) in [7, 11) is 0. The van der Waals surface area contributed by atoms with Gasteiger partial charge in [0.2, 0.25) is 0 Å². The summed E-state index contributed by atoms with van der Waals surface area (Å²) in [6, 6.07) is 6.06. The van der Waals surface area contributed by atoms with Gasteiger partial charge in [-0.15, -0.1) is 0 Å². The predicted octanol–water partition coefficient (Wildman–Crippen LogP) is 4.55. The van der Waals surface area contributed by atoms with Crippen LogP contribution in [0.25, 0.3) is 10.9 Å². The number of rotatable bonds is 2. The summed E-state index contributed by atoms with van der Waals surface area (Å²) in [5.41, 5.74) is 2.18. The lowest BCUT2D eigenvalue weighted by atomic mass is 9.80. The maximum absolute atomic E-state index is 12.9. The average Bonchev–Trinajstić information content (AvgIpc) is 2.57. The topological polar surface area (TPSA) is 34.9 Å². The van der Waals surface area contributed by atoms with Crippen molar-refractivity contribution >= 4 is 10.9 Å². The van der Waals surface area contributed by atoms with Gasteiger partial charge in [-0.25, -0.2) is 4.98 Å². The molecular weight excluding hydrogens is 284 g/mol. The Morgan fingerprint density at radius 1 is 1.13 bits per heavy atom. The van der Waals surface area contributed by atoms with Gasteiger partial charge >= 0.3 is 0 Å². The summed E-state index contributed by atoms with van der Waals surface area (Å²) in [5, 5.41) is 0.784. The molecule has 1 atom stereocenters. The quantitative estimate of drug-likeness (QED) is 0.815. The van der Waals surface area contributed by atoms with Crippen molar-refractivity contribution in [3.05, 3.63) is 39.9 Å². The molecule has 23 heavy (non-hydrogen) atoms. The van der Waals surface area contributed by atoms with Crippen molar-refractivity contribution in [1.29, 1.82) is 0 Å². The minimum Gasteiger partial charge on any atom is -0.296 e. The molecule has 2 aliphatic rings. The van der Waals surface area contributed by atoms with Crippen molar-refractivity contribution in [2.75, 3.05) is 0 Å². The van der Waals surface area contributed by atoms with Gasteiger partial charge in [0.1, 0.15) is 5.82 Å². The molecule has 1 aliphatic heterocycles. The molecule has 3 heteroatoms. The summed E-state index contributed by atoms with van der Waals surface area (Å²) in [4.78, 5) is 17.8. The molecule has 0 spiro atoms. The fourth-order valence-electron chi connectivity index (χ4n) is 4.55. The monoisotopic (exact) mass is 310 g/mol. The second-order valence-electron chi connectivity index (χ2n) is 7.53. The highest BCUT2D eigenvalue weighted by Gasteiger charge is 2.27. The zero-order chi connectivity index (χ0) is 15.8. The minimum atomic E-state index is 0.169. The van der Waals surface area contributed by atoms with E-state index >= 15 is 0 Å². The number of aromatic nitrogens is 2. The standard InChI is InChI=1S/C20H26N2O/c1-14-9-10-18-17(12-14)20(23)22-11-5-8-16(19(22)21-18)13-15-6-3-2-4-7-15/h9-10,12,15-16H,2-8,11,13H2,1H3. The van der Waals surface area contributed by atoms with Crippen LogP contribution in [-0.4, -0.2) is 9.55 Å². The first-order valence-corrected chi connectivity index (χ1v) is 9.23. The first-order chi connectivity index (χ1) is 11.2. The van der Waals surface area contributed by atoms with Crippen molar-refractivity contribution in [1.82, 2.24) is 9.55 Å². The van der Waals surface area contributed by atoms with Crippen LogP contribution < -0.4 is 5.56 Å². The molecular formula is C20H26N2O. The summed E-state index contributed by atoms with van der Waals surface area (Å²) in [6.07, 6.45) is 10.4. The number of nitrogens with zero attached hydrogens (tertiary/aromatic N) is 2. The van der Waals surface area contributed by atoms with E-state index in [1.165, 1.54) is 44.9 Å². The van der Waals surface area contributed by atoms with Gasteiger partial charge in [-0.05, 0) is 44.2 Å². The molecule has 0 bridgehead atoms. The van der Waals surface area contributed by atoms with Crippen LogP contribution in [0, 0.1) is 12.8 Å². The Labute approximate surface area is 137 Å². The Morgan fingerprint density at radius 3 is 2.78 bits per heavy atom. The number of benzene rings is 1. The van der Waals surface area contributed by atoms with Gasteiger partial charge < -0.3 is 0 Å².